The summed E-state index contributed by atoms with van der Waals surface area (Å²) < 4.78 is 1.58. The summed E-state index contributed by atoms with van der Waals surface area (Å²) in [6, 6.07) is 26.6. The van der Waals surface area contributed by atoms with Crippen molar-refractivity contribution in [2.45, 2.75) is 6.54 Å². The van der Waals surface area contributed by atoms with Gasteiger partial charge in [0.15, 0.2) is 0 Å². The van der Waals surface area contributed by atoms with Gasteiger partial charge >= 0.3 is 5.97 Å². The van der Waals surface area contributed by atoms with Crippen molar-refractivity contribution < 1.29 is 9.90 Å². The molecule has 0 saturated carbocycles. The Morgan fingerprint density at radius 2 is 1.54 bits per heavy atom. The zero-order valence-electron chi connectivity index (χ0n) is 20.2. The molecule has 6 rings (SSSR count). The highest BCUT2D eigenvalue weighted by Crippen LogP contribution is 2.26. The van der Waals surface area contributed by atoms with Gasteiger partial charge in [0.05, 0.1) is 16.8 Å². The number of carboxylic acid groups (broad SMARTS) is 1. The lowest BCUT2D eigenvalue weighted by Gasteiger charge is -2.36. The molecule has 5 aromatic rings. The van der Waals surface area contributed by atoms with Crippen molar-refractivity contribution in [3.63, 3.8) is 0 Å². The molecule has 1 N–H and O–H groups in total. The number of anilines is 1. The summed E-state index contributed by atoms with van der Waals surface area (Å²) in [7, 11) is 0. The number of piperazine rings is 1. The highest BCUT2D eigenvalue weighted by atomic mass is 16.4. The summed E-state index contributed by atoms with van der Waals surface area (Å²) in [5.41, 5.74) is 3.28. The third-order valence-electron chi connectivity index (χ3n) is 7.11. The third kappa shape index (κ3) is 4.23. The average molecular weight is 491 g/mol. The van der Waals surface area contributed by atoms with Crippen LogP contribution >= 0.6 is 0 Å². The van der Waals surface area contributed by atoms with Crippen LogP contribution in [0.15, 0.2) is 95.9 Å². The molecule has 1 saturated heterocycles. The number of para-hydroxylation sites is 1. The molecule has 7 nitrogen and oxygen atoms in total. The maximum absolute atomic E-state index is 13.6. The summed E-state index contributed by atoms with van der Waals surface area (Å²) in [5, 5.41) is 12.3. The molecule has 2 aromatic heterocycles. The van der Waals surface area contributed by atoms with Gasteiger partial charge < -0.3 is 10.0 Å². The van der Waals surface area contributed by atoms with Crippen LogP contribution in [0, 0.1) is 0 Å². The van der Waals surface area contributed by atoms with E-state index in [9.17, 15) is 14.7 Å². The van der Waals surface area contributed by atoms with Crippen molar-refractivity contribution in [1.82, 2.24) is 14.5 Å². The van der Waals surface area contributed by atoms with E-state index in [2.05, 4.69) is 33.0 Å². The molecule has 37 heavy (non-hydrogen) atoms. The minimum atomic E-state index is -1.03. The molecule has 1 aliphatic heterocycles. The first-order chi connectivity index (χ1) is 18.1. The molecular formula is C30H26N4O3. The number of hydrogen-bond donors (Lipinski definition) is 1. The summed E-state index contributed by atoms with van der Waals surface area (Å²) in [6.07, 6.45) is 1.80. The van der Waals surface area contributed by atoms with Crippen LogP contribution in [0.2, 0.25) is 0 Å². The highest BCUT2D eigenvalue weighted by Gasteiger charge is 2.26. The second-order valence-electron chi connectivity index (χ2n) is 9.29. The fourth-order valence-corrected chi connectivity index (χ4v) is 5.27. The highest BCUT2D eigenvalue weighted by molar-refractivity contribution is 6.04. The number of carbonyl (C=O) groups is 1. The van der Waals surface area contributed by atoms with Crippen LogP contribution in [-0.4, -0.2) is 51.7 Å². The van der Waals surface area contributed by atoms with E-state index in [-0.39, 0.29) is 11.1 Å². The van der Waals surface area contributed by atoms with Gasteiger partial charge in [-0.15, -0.1) is 0 Å². The second kappa shape index (κ2) is 9.52. The van der Waals surface area contributed by atoms with E-state index in [1.807, 2.05) is 42.5 Å². The molecule has 7 heteroatoms. The van der Waals surface area contributed by atoms with E-state index in [1.165, 1.54) is 0 Å². The van der Waals surface area contributed by atoms with Gasteiger partial charge in [0, 0.05) is 66.5 Å². The van der Waals surface area contributed by atoms with Crippen LogP contribution in [0.1, 0.15) is 16.1 Å². The third-order valence-corrected chi connectivity index (χ3v) is 7.11. The molecule has 0 radical (unpaired) electrons. The summed E-state index contributed by atoms with van der Waals surface area (Å²) >= 11 is 0. The van der Waals surface area contributed by atoms with Gasteiger partial charge in [-0.05, 0) is 42.5 Å². The molecule has 0 atom stereocenters. The monoisotopic (exact) mass is 490 g/mol. The SMILES string of the molecule is O=C(O)c1c(CN2CCN(c3ccc4ncccc4c3)CC2)n(-c2ccccc2)c(=O)c2ccccc12. The molecule has 1 aliphatic rings. The minimum Gasteiger partial charge on any atom is -0.478 e. The van der Waals surface area contributed by atoms with Gasteiger partial charge in [-0.1, -0.05) is 42.5 Å². The van der Waals surface area contributed by atoms with E-state index in [0.29, 0.717) is 28.7 Å². The minimum absolute atomic E-state index is 0.184. The smallest absolute Gasteiger partial charge is 0.338 e. The van der Waals surface area contributed by atoms with Crippen molar-refractivity contribution >= 4 is 33.3 Å². The molecule has 0 unspecified atom stereocenters. The molecule has 3 aromatic carbocycles. The van der Waals surface area contributed by atoms with Gasteiger partial charge in [0.25, 0.3) is 5.56 Å². The van der Waals surface area contributed by atoms with Crippen molar-refractivity contribution in [3.05, 3.63) is 113 Å². The summed E-state index contributed by atoms with van der Waals surface area (Å²) in [6.45, 7) is 3.47. The molecule has 0 aliphatic carbocycles. The number of benzene rings is 3. The van der Waals surface area contributed by atoms with Crippen LogP contribution in [0.5, 0.6) is 0 Å². The number of hydrogen-bond acceptors (Lipinski definition) is 5. The number of aromatic carboxylic acids is 1. The summed E-state index contributed by atoms with van der Waals surface area (Å²) in [5.74, 6) is -1.03. The maximum Gasteiger partial charge on any atom is 0.338 e. The molecule has 0 amide bonds. The molecule has 0 bridgehead atoms. The van der Waals surface area contributed by atoms with Crippen molar-refractivity contribution in [2.24, 2.45) is 0 Å². The van der Waals surface area contributed by atoms with Crippen molar-refractivity contribution in [2.75, 3.05) is 31.1 Å². The predicted octanol–water partition coefficient (Wildman–Crippen LogP) is 4.56. The van der Waals surface area contributed by atoms with Crippen LogP contribution in [-0.2, 0) is 6.54 Å². The lowest BCUT2D eigenvalue weighted by Crippen LogP contribution is -2.46. The first kappa shape index (κ1) is 22.9. The predicted molar refractivity (Wildman–Crippen MR) is 146 cm³/mol. The normalized spacial score (nSPS) is 14.3. The Morgan fingerprint density at radius 1 is 0.811 bits per heavy atom. The maximum atomic E-state index is 13.6. The number of carboxylic acids is 1. The topological polar surface area (TPSA) is 78.7 Å². The first-order valence-electron chi connectivity index (χ1n) is 12.4. The van der Waals surface area contributed by atoms with Gasteiger partial charge in [0.1, 0.15) is 0 Å². The summed E-state index contributed by atoms with van der Waals surface area (Å²) in [4.78, 5) is 35.2. The van der Waals surface area contributed by atoms with Gasteiger partial charge in [-0.25, -0.2) is 4.79 Å². The van der Waals surface area contributed by atoms with E-state index in [4.69, 9.17) is 0 Å². The number of nitrogens with zero attached hydrogens (tertiary/aromatic N) is 4. The van der Waals surface area contributed by atoms with Crippen LogP contribution < -0.4 is 10.5 Å². The van der Waals surface area contributed by atoms with Gasteiger partial charge in [-0.2, -0.15) is 0 Å². The Hall–Kier alpha value is -4.49. The Kier molecular flexibility index (Phi) is 5.90. The van der Waals surface area contributed by atoms with Crippen molar-refractivity contribution in [3.8, 4) is 5.69 Å². The molecular weight excluding hydrogens is 464 g/mol. The van der Waals surface area contributed by atoms with E-state index < -0.39 is 5.97 Å². The van der Waals surface area contributed by atoms with E-state index >= 15 is 0 Å². The Bertz CT molecular complexity index is 1670. The average Bonchev–Trinajstić information content (AvgIpc) is 2.94. The van der Waals surface area contributed by atoms with Crippen LogP contribution in [0.25, 0.3) is 27.4 Å². The Morgan fingerprint density at radius 3 is 2.30 bits per heavy atom. The number of rotatable bonds is 5. The van der Waals surface area contributed by atoms with Crippen LogP contribution in [0.3, 0.4) is 0 Å². The van der Waals surface area contributed by atoms with Crippen molar-refractivity contribution in [1.29, 1.82) is 0 Å². The standard InChI is InChI=1S/C30H26N4O3/c35-29-25-11-5-4-10-24(25)28(30(36)37)27(34(29)22-8-2-1-3-9-22)20-32-15-17-33(18-16-32)23-12-13-26-21(19-23)7-6-14-31-26/h1-14,19H,15-18,20H2,(H,36,37). The molecule has 184 valence electrons. The quantitative estimate of drug-likeness (QED) is 0.389. The largest absolute Gasteiger partial charge is 0.478 e. The van der Waals surface area contributed by atoms with E-state index in [1.54, 1.807) is 35.0 Å². The number of pyridine rings is 2. The fraction of sp³-hybridized carbons (Fsp3) is 0.167. The zero-order chi connectivity index (χ0) is 25.4. The lowest BCUT2D eigenvalue weighted by atomic mass is 10.0. The second-order valence-corrected chi connectivity index (χ2v) is 9.29. The van der Waals surface area contributed by atoms with Gasteiger partial charge in [-0.3, -0.25) is 19.2 Å². The first-order valence-corrected chi connectivity index (χ1v) is 12.4. The Labute approximate surface area is 213 Å². The molecule has 3 heterocycles. The van der Waals surface area contributed by atoms with E-state index in [0.717, 1.165) is 42.8 Å². The van der Waals surface area contributed by atoms with Crippen LogP contribution in [0.4, 0.5) is 5.69 Å². The number of aromatic nitrogens is 2. The Balaban J connectivity index is 1.35. The zero-order valence-corrected chi connectivity index (χ0v) is 20.2. The number of fused-ring (bicyclic) bond motifs is 2. The fourth-order valence-electron chi connectivity index (χ4n) is 5.27. The lowest BCUT2D eigenvalue weighted by molar-refractivity contribution is 0.0695. The molecule has 1 fully saturated rings. The molecule has 0 spiro atoms. The van der Waals surface area contributed by atoms with Gasteiger partial charge in [0.2, 0.25) is 0 Å².